The first-order valence-electron chi connectivity index (χ1n) is 13.4. The van der Waals surface area contributed by atoms with E-state index in [1.54, 1.807) is 0 Å². The van der Waals surface area contributed by atoms with E-state index in [1.165, 1.54) is 0 Å². The predicted molar refractivity (Wildman–Crippen MR) is 157 cm³/mol. The number of imidazole rings is 1. The summed E-state index contributed by atoms with van der Waals surface area (Å²) in [7, 11) is 2.07. The van der Waals surface area contributed by atoms with Crippen molar-refractivity contribution in [2.24, 2.45) is 12.8 Å². The minimum Gasteiger partial charge on any atom is -0.384 e. The number of nitrogens with two attached hydrogens (primary N) is 1. The summed E-state index contributed by atoms with van der Waals surface area (Å²) in [4.78, 5) is 14.6. The summed E-state index contributed by atoms with van der Waals surface area (Å²) in [5.74, 6) is 1.07. The van der Waals surface area contributed by atoms with Crippen molar-refractivity contribution in [3.05, 3.63) is 95.9 Å². The first kappa shape index (κ1) is 25.0. The zero-order chi connectivity index (χ0) is 26.8. The Labute approximate surface area is 228 Å². The second-order valence-electron chi connectivity index (χ2n) is 10.0. The molecule has 198 valence electrons. The Balaban J connectivity index is 1.34. The SMILES string of the molecule is Cn1c(Cc2ccc(C(=N)N)cc2)nc2cc(N(CCN3CCOCC3)c3cccc4cccnc34)ccc21. The summed E-state index contributed by atoms with van der Waals surface area (Å²) in [6.45, 7) is 5.26. The molecule has 3 aromatic carbocycles. The van der Waals surface area contributed by atoms with Gasteiger partial charge in [0.05, 0.1) is 35.5 Å². The Morgan fingerprint density at radius 1 is 1.03 bits per heavy atom. The van der Waals surface area contributed by atoms with Crippen molar-refractivity contribution in [3.8, 4) is 0 Å². The summed E-state index contributed by atoms with van der Waals surface area (Å²) in [6.07, 6.45) is 2.57. The second-order valence-corrected chi connectivity index (χ2v) is 10.0. The van der Waals surface area contributed by atoms with E-state index in [0.717, 1.165) is 89.7 Å². The molecule has 0 atom stereocenters. The van der Waals surface area contributed by atoms with Gasteiger partial charge in [-0.3, -0.25) is 15.3 Å². The van der Waals surface area contributed by atoms with Crippen LogP contribution in [0.2, 0.25) is 0 Å². The minimum absolute atomic E-state index is 0.0800. The molecule has 1 saturated heterocycles. The molecule has 3 N–H and O–H groups in total. The number of para-hydroxylation sites is 1. The highest BCUT2D eigenvalue weighted by molar-refractivity contribution is 5.95. The van der Waals surface area contributed by atoms with Crippen LogP contribution in [0.4, 0.5) is 11.4 Å². The number of benzene rings is 3. The molecule has 0 saturated carbocycles. The summed E-state index contributed by atoms with van der Waals surface area (Å²) < 4.78 is 7.73. The van der Waals surface area contributed by atoms with Gasteiger partial charge in [0.2, 0.25) is 0 Å². The van der Waals surface area contributed by atoms with Gasteiger partial charge in [0.1, 0.15) is 11.7 Å². The number of hydrogen-bond acceptors (Lipinski definition) is 6. The number of morpholine rings is 1. The lowest BCUT2D eigenvalue weighted by Crippen LogP contribution is -2.40. The molecule has 6 rings (SSSR count). The number of hydrogen-bond donors (Lipinski definition) is 2. The lowest BCUT2D eigenvalue weighted by Gasteiger charge is -2.31. The number of anilines is 2. The third-order valence-corrected chi connectivity index (χ3v) is 7.54. The predicted octanol–water partition coefficient (Wildman–Crippen LogP) is 4.47. The van der Waals surface area contributed by atoms with E-state index in [0.29, 0.717) is 6.42 Å². The Kier molecular flexibility index (Phi) is 6.96. The first-order chi connectivity index (χ1) is 19.1. The average Bonchev–Trinajstić information content (AvgIpc) is 3.28. The molecule has 0 radical (unpaired) electrons. The molecule has 5 aromatic rings. The Morgan fingerprint density at radius 2 is 1.82 bits per heavy atom. The third-order valence-electron chi connectivity index (χ3n) is 7.54. The number of pyridine rings is 1. The van der Waals surface area contributed by atoms with Crippen LogP contribution in [0.15, 0.2) is 79.0 Å². The van der Waals surface area contributed by atoms with E-state index in [4.69, 9.17) is 25.8 Å². The van der Waals surface area contributed by atoms with Gasteiger partial charge in [-0.25, -0.2) is 4.98 Å². The highest BCUT2D eigenvalue weighted by Gasteiger charge is 2.18. The molecule has 1 aliphatic rings. The summed E-state index contributed by atoms with van der Waals surface area (Å²) in [6, 6.07) is 24.8. The Bertz CT molecular complexity index is 1610. The highest BCUT2D eigenvalue weighted by Crippen LogP contribution is 2.33. The summed E-state index contributed by atoms with van der Waals surface area (Å²) in [5.41, 5.74) is 12.7. The maximum absolute atomic E-state index is 7.63. The van der Waals surface area contributed by atoms with Gasteiger partial charge in [0.25, 0.3) is 0 Å². The molecular weight excluding hydrogens is 486 g/mol. The maximum atomic E-state index is 7.63. The van der Waals surface area contributed by atoms with Gasteiger partial charge in [-0.15, -0.1) is 0 Å². The molecule has 1 aliphatic heterocycles. The number of rotatable bonds is 8. The van der Waals surface area contributed by atoms with Gasteiger partial charge in [0.15, 0.2) is 0 Å². The molecule has 1 fully saturated rings. The molecule has 8 heteroatoms. The highest BCUT2D eigenvalue weighted by atomic mass is 16.5. The van der Waals surface area contributed by atoms with Crippen molar-refractivity contribution in [1.82, 2.24) is 19.4 Å². The van der Waals surface area contributed by atoms with Crippen LogP contribution in [-0.2, 0) is 18.2 Å². The van der Waals surface area contributed by atoms with E-state index in [9.17, 15) is 0 Å². The van der Waals surface area contributed by atoms with Gasteiger partial charge >= 0.3 is 0 Å². The molecule has 0 amide bonds. The van der Waals surface area contributed by atoms with Crippen LogP contribution in [0.5, 0.6) is 0 Å². The Hall–Kier alpha value is -4.27. The van der Waals surface area contributed by atoms with Crippen LogP contribution < -0.4 is 10.6 Å². The molecule has 39 heavy (non-hydrogen) atoms. The van der Waals surface area contributed by atoms with Gasteiger partial charge < -0.3 is 19.9 Å². The summed E-state index contributed by atoms with van der Waals surface area (Å²) >= 11 is 0. The number of aromatic nitrogens is 3. The van der Waals surface area contributed by atoms with E-state index in [-0.39, 0.29) is 5.84 Å². The van der Waals surface area contributed by atoms with E-state index < -0.39 is 0 Å². The van der Waals surface area contributed by atoms with Crippen molar-refractivity contribution in [2.75, 3.05) is 44.3 Å². The molecule has 3 heterocycles. The number of amidine groups is 1. The molecule has 0 aliphatic carbocycles. The van der Waals surface area contributed by atoms with Crippen molar-refractivity contribution >= 4 is 39.1 Å². The standard InChI is InChI=1S/C31H33N7O/c1-36-27-12-11-25(21-26(27)35-29(36)20-22-7-9-24(10-8-22)31(32)33)38(15-14-37-16-18-39-19-17-37)28-6-2-4-23-5-3-13-34-30(23)28/h2-13,21H,14-20H2,1H3,(H3,32,33). The molecule has 0 spiro atoms. The molecular formula is C31H33N7O. The van der Waals surface area contributed by atoms with Gasteiger partial charge in [-0.2, -0.15) is 0 Å². The molecule has 8 nitrogen and oxygen atoms in total. The average molecular weight is 520 g/mol. The number of nitrogens with one attached hydrogen (secondary N) is 1. The topological polar surface area (TPSA) is 96.3 Å². The number of fused-ring (bicyclic) bond motifs is 2. The zero-order valence-electron chi connectivity index (χ0n) is 22.2. The van der Waals surface area contributed by atoms with Crippen molar-refractivity contribution in [1.29, 1.82) is 5.41 Å². The van der Waals surface area contributed by atoms with Crippen molar-refractivity contribution in [3.63, 3.8) is 0 Å². The largest absolute Gasteiger partial charge is 0.384 e. The third kappa shape index (κ3) is 5.21. The van der Waals surface area contributed by atoms with E-state index >= 15 is 0 Å². The van der Waals surface area contributed by atoms with E-state index in [1.807, 2.05) is 36.5 Å². The zero-order valence-corrected chi connectivity index (χ0v) is 22.2. The van der Waals surface area contributed by atoms with Crippen LogP contribution in [-0.4, -0.2) is 64.7 Å². The fourth-order valence-corrected chi connectivity index (χ4v) is 5.31. The summed E-state index contributed by atoms with van der Waals surface area (Å²) in [5, 5.41) is 8.76. The monoisotopic (exact) mass is 519 g/mol. The van der Waals surface area contributed by atoms with Gasteiger partial charge in [-0.1, -0.05) is 42.5 Å². The maximum Gasteiger partial charge on any atom is 0.122 e. The Morgan fingerprint density at radius 3 is 2.62 bits per heavy atom. The van der Waals surface area contributed by atoms with Gasteiger partial charge in [-0.05, 0) is 35.9 Å². The second kappa shape index (κ2) is 10.8. The smallest absolute Gasteiger partial charge is 0.122 e. The molecule has 0 bridgehead atoms. The van der Waals surface area contributed by atoms with Gasteiger partial charge in [0, 0.05) is 62.5 Å². The normalized spacial score (nSPS) is 14.2. The van der Waals surface area contributed by atoms with Crippen LogP contribution in [0.25, 0.3) is 21.9 Å². The number of nitrogen functional groups attached to an aromatic ring is 1. The van der Waals surface area contributed by atoms with Crippen LogP contribution in [0.3, 0.4) is 0 Å². The fourth-order valence-electron chi connectivity index (χ4n) is 5.31. The van der Waals surface area contributed by atoms with Crippen LogP contribution in [0.1, 0.15) is 17.0 Å². The lowest BCUT2D eigenvalue weighted by atomic mass is 10.1. The van der Waals surface area contributed by atoms with Crippen LogP contribution >= 0.6 is 0 Å². The van der Waals surface area contributed by atoms with E-state index in [2.05, 4.69) is 63.9 Å². The number of ether oxygens (including phenoxy) is 1. The lowest BCUT2D eigenvalue weighted by molar-refractivity contribution is 0.0394. The fraction of sp³-hybridized carbons (Fsp3) is 0.258. The van der Waals surface area contributed by atoms with Crippen LogP contribution in [0, 0.1) is 5.41 Å². The molecule has 2 aromatic heterocycles. The van der Waals surface area contributed by atoms with Crippen molar-refractivity contribution < 1.29 is 4.74 Å². The first-order valence-corrected chi connectivity index (χ1v) is 13.4. The van der Waals surface area contributed by atoms with Crippen molar-refractivity contribution in [2.45, 2.75) is 6.42 Å². The number of aryl methyl sites for hydroxylation is 1. The number of nitrogens with zero attached hydrogens (tertiary/aromatic N) is 5. The quantitative estimate of drug-likeness (QED) is 0.232. The minimum atomic E-state index is 0.0800. The molecule has 0 unspecified atom stereocenters.